The highest BCUT2D eigenvalue weighted by atomic mass is 16.2. The van der Waals surface area contributed by atoms with Crippen molar-refractivity contribution in [2.45, 2.75) is 26.3 Å². The van der Waals surface area contributed by atoms with Crippen LogP contribution in [0.3, 0.4) is 0 Å². The van der Waals surface area contributed by atoms with Crippen LogP contribution in [0.5, 0.6) is 0 Å². The summed E-state index contributed by atoms with van der Waals surface area (Å²) in [6.45, 7) is 4.80. The van der Waals surface area contributed by atoms with Gasteiger partial charge >= 0.3 is 0 Å². The second-order valence-corrected chi connectivity index (χ2v) is 4.95. The number of likely N-dealkylation sites (tertiary alicyclic amines) is 1. The van der Waals surface area contributed by atoms with E-state index in [1.807, 2.05) is 31.2 Å². The van der Waals surface area contributed by atoms with Crippen LogP contribution in [0.4, 0.5) is 0 Å². The fraction of sp³-hybridized carbons (Fsp3) is 0.375. The van der Waals surface area contributed by atoms with E-state index in [0.717, 1.165) is 12.0 Å². The first-order valence-corrected chi connectivity index (χ1v) is 6.69. The molecule has 1 atom stereocenters. The zero-order valence-electron chi connectivity index (χ0n) is 11.8. The molecular weight excluding hydrogens is 252 g/mol. The SMILES string of the molecule is CC#CC(=O)NC1CCN(C(=O)c2cccc(C)c2)C1. The van der Waals surface area contributed by atoms with E-state index in [4.69, 9.17) is 0 Å². The van der Waals surface area contributed by atoms with E-state index in [9.17, 15) is 9.59 Å². The van der Waals surface area contributed by atoms with E-state index >= 15 is 0 Å². The Morgan fingerprint density at radius 2 is 2.20 bits per heavy atom. The van der Waals surface area contributed by atoms with Crippen LogP contribution in [0.1, 0.15) is 29.3 Å². The van der Waals surface area contributed by atoms with E-state index in [1.54, 1.807) is 11.8 Å². The minimum absolute atomic E-state index is 0.00268. The van der Waals surface area contributed by atoms with Crippen LogP contribution in [0.2, 0.25) is 0 Å². The number of hydrogen-bond donors (Lipinski definition) is 1. The molecule has 1 aliphatic heterocycles. The van der Waals surface area contributed by atoms with Crippen molar-refractivity contribution in [3.05, 3.63) is 35.4 Å². The molecule has 0 saturated carbocycles. The number of nitrogens with one attached hydrogen (secondary N) is 1. The lowest BCUT2D eigenvalue weighted by atomic mass is 10.1. The Kier molecular flexibility index (Phi) is 4.41. The molecule has 104 valence electrons. The molecular formula is C16H18N2O2. The summed E-state index contributed by atoms with van der Waals surface area (Å²) in [5.41, 5.74) is 1.77. The van der Waals surface area contributed by atoms with Crippen molar-refractivity contribution in [1.82, 2.24) is 10.2 Å². The Bertz CT molecular complexity index is 584. The Hall–Kier alpha value is -2.28. The third-order valence-electron chi connectivity index (χ3n) is 3.31. The third-order valence-corrected chi connectivity index (χ3v) is 3.31. The summed E-state index contributed by atoms with van der Waals surface area (Å²) in [7, 11) is 0. The maximum Gasteiger partial charge on any atom is 0.296 e. The molecule has 1 unspecified atom stereocenters. The molecule has 0 aliphatic carbocycles. The minimum Gasteiger partial charge on any atom is -0.341 e. The lowest BCUT2D eigenvalue weighted by Crippen LogP contribution is -2.37. The summed E-state index contributed by atoms with van der Waals surface area (Å²) in [6, 6.07) is 7.56. The topological polar surface area (TPSA) is 49.4 Å². The van der Waals surface area contributed by atoms with Gasteiger partial charge in [0.15, 0.2) is 0 Å². The molecule has 0 aromatic heterocycles. The standard InChI is InChI=1S/C16H18N2O2/c1-3-5-15(19)17-14-8-9-18(11-14)16(20)13-7-4-6-12(2)10-13/h4,6-7,10,14H,8-9,11H2,1-2H3,(H,17,19). The van der Waals surface area contributed by atoms with Gasteiger partial charge in [0.05, 0.1) is 0 Å². The zero-order chi connectivity index (χ0) is 14.5. The van der Waals surface area contributed by atoms with E-state index in [1.165, 1.54) is 0 Å². The fourth-order valence-electron chi connectivity index (χ4n) is 2.36. The first-order valence-electron chi connectivity index (χ1n) is 6.69. The van der Waals surface area contributed by atoms with Gasteiger partial charge in [-0.15, -0.1) is 0 Å². The molecule has 1 saturated heterocycles. The van der Waals surface area contributed by atoms with Crippen LogP contribution in [-0.4, -0.2) is 35.8 Å². The van der Waals surface area contributed by atoms with Crippen molar-refractivity contribution in [3.63, 3.8) is 0 Å². The molecule has 1 heterocycles. The van der Waals surface area contributed by atoms with Crippen LogP contribution in [0, 0.1) is 18.8 Å². The van der Waals surface area contributed by atoms with Gasteiger partial charge in [-0.05, 0) is 38.3 Å². The van der Waals surface area contributed by atoms with E-state index < -0.39 is 0 Å². The quantitative estimate of drug-likeness (QED) is 0.825. The smallest absolute Gasteiger partial charge is 0.296 e. The summed E-state index contributed by atoms with van der Waals surface area (Å²) in [5, 5.41) is 2.82. The summed E-state index contributed by atoms with van der Waals surface area (Å²) in [5.74, 6) is 4.76. The molecule has 4 heteroatoms. The van der Waals surface area contributed by atoms with Gasteiger partial charge in [0.2, 0.25) is 0 Å². The number of nitrogens with zero attached hydrogens (tertiary/aromatic N) is 1. The number of carbonyl (C=O) groups is 2. The molecule has 0 radical (unpaired) electrons. The lowest BCUT2D eigenvalue weighted by molar-refractivity contribution is -0.116. The van der Waals surface area contributed by atoms with Crippen LogP contribution < -0.4 is 5.32 Å². The average Bonchev–Trinajstić information content (AvgIpc) is 2.86. The predicted octanol–water partition coefficient (Wildman–Crippen LogP) is 1.35. The van der Waals surface area contributed by atoms with Crippen LogP contribution in [-0.2, 0) is 4.79 Å². The van der Waals surface area contributed by atoms with Crippen molar-refractivity contribution in [3.8, 4) is 11.8 Å². The molecule has 20 heavy (non-hydrogen) atoms. The molecule has 1 aliphatic rings. The highest BCUT2D eigenvalue weighted by molar-refractivity contribution is 5.95. The van der Waals surface area contributed by atoms with Crippen molar-refractivity contribution in [1.29, 1.82) is 0 Å². The Labute approximate surface area is 119 Å². The van der Waals surface area contributed by atoms with Gasteiger partial charge in [0.25, 0.3) is 11.8 Å². The number of benzene rings is 1. The number of amides is 2. The zero-order valence-corrected chi connectivity index (χ0v) is 11.8. The Morgan fingerprint density at radius 1 is 1.40 bits per heavy atom. The maximum atomic E-state index is 12.3. The highest BCUT2D eigenvalue weighted by Crippen LogP contribution is 2.14. The second-order valence-electron chi connectivity index (χ2n) is 4.95. The molecule has 1 N–H and O–H groups in total. The monoisotopic (exact) mass is 270 g/mol. The number of rotatable bonds is 2. The van der Waals surface area contributed by atoms with Gasteiger partial charge in [-0.3, -0.25) is 9.59 Å². The molecule has 1 fully saturated rings. The van der Waals surface area contributed by atoms with Gasteiger partial charge < -0.3 is 10.2 Å². The molecule has 2 rings (SSSR count). The summed E-state index contributed by atoms with van der Waals surface area (Å²) in [6.07, 6.45) is 0.773. The van der Waals surface area contributed by atoms with Crippen LogP contribution in [0.15, 0.2) is 24.3 Å². The van der Waals surface area contributed by atoms with Crippen molar-refractivity contribution >= 4 is 11.8 Å². The highest BCUT2D eigenvalue weighted by Gasteiger charge is 2.27. The van der Waals surface area contributed by atoms with Crippen molar-refractivity contribution in [2.24, 2.45) is 0 Å². The largest absolute Gasteiger partial charge is 0.341 e. The molecule has 4 nitrogen and oxygen atoms in total. The first kappa shape index (κ1) is 14.1. The summed E-state index contributed by atoms with van der Waals surface area (Å²) >= 11 is 0. The summed E-state index contributed by atoms with van der Waals surface area (Å²) in [4.78, 5) is 25.5. The van der Waals surface area contributed by atoms with E-state index in [2.05, 4.69) is 17.2 Å². The Morgan fingerprint density at radius 3 is 2.90 bits per heavy atom. The molecule has 1 aromatic rings. The van der Waals surface area contributed by atoms with Crippen LogP contribution in [0.25, 0.3) is 0 Å². The fourth-order valence-corrected chi connectivity index (χ4v) is 2.36. The third kappa shape index (κ3) is 3.39. The molecule has 0 bridgehead atoms. The number of carbonyl (C=O) groups excluding carboxylic acids is 2. The van der Waals surface area contributed by atoms with Crippen LogP contribution >= 0.6 is 0 Å². The molecule has 1 aromatic carbocycles. The Balaban J connectivity index is 1.96. The first-order chi connectivity index (χ1) is 9.60. The number of aryl methyl sites for hydroxylation is 1. The normalized spacial score (nSPS) is 17.3. The lowest BCUT2D eigenvalue weighted by Gasteiger charge is -2.17. The maximum absolute atomic E-state index is 12.3. The van der Waals surface area contributed by atoms with Gasteiger partial charge in [-0.1, -0.05) is 23.6 Å². The molecule has 2 amide bonds. The average molecular weight is 270 g/mol. The van der Waals surface area contributed by atoms with E-state index in [-0.39, 0.29) is 17.9 Å². The molecule has 0 spiro atoms. The van der Waals surface area contributed by atoms with E-state index in [0.29, 0.717) is 18.7 Å². The second kappa shape index (κ2) is 6.25. The van der Waals surface area contributed by atoms with Gasteiger partial charge in [-0.25, -0.2) is 0 Å². The number of hydrogen-bond acceptors (Lipinski definition) is 2. The van der Waals surface area contributed by atoms with Gasteiger partial charge in [-0.2, -0.15) is 0 Å². The van der Waals surface area contributed by atoms with Crippen molar-refractivity contribution < 1.29 is 9.59 Å². The van der Waals surface area contributed by atoms with Gasteiger partial charge in [0, 0.05) is 24.7 Å². The predicted molar refractivity (Wildman–Crippen MR) is 77.1 cm³/mol. The summed E-state index contributed by atoms with van der Waals surface area (Å²) < 4.78 is 0. The van der Waals surface area contributed by atoms with Crippen molar-refractivity contribution in [2.75, 3.05) is 13.1 Å². The minimum atomic E-state index is -0.276. The van der Waals surface area contributed by atoms with Gasteiger partial charge in [0.1, 0.15) is 0 Å².